The predicted octanol–water partition coefficient (Wildman–Crippen LogP) is 1.56. The zero-order chi connectivity index (χ0) is 21.7. The second-order valence-electron chi connectivity index (χ2n) is 6.07. The van der Waals surface area contributed by atoms with Gasteiger partial charge in [-0.3, -0.25) is 24.5 Å². The van der Waals surface area contributed by atoms with Crippen LogP contribution >= 0.6 is 0 Å². The number of fused-ring (bicyclic) bond motifs is 1. The fourth-order valence-corrected chi connectivity index (χ4v) is 2.72. The van der Waals surface area contributed by atoms with Gasteiger partial charge in [-0.05, 0) is 18.2 Å². The Morgan fingerprint density at radius 2 is 1.93 bits per heavy atom. The van der Waals surface area contributed by atoms with Crippen LogP contribution in [0.15, 0.2) is 47.3 Å². The lowest BCUT2D eigenvalue weighted by Crippen LogP contribution is -2.22. The van der Waals surface area contributed by atoms with Gasteiger partial charge in [0.15, 0.2) is 6.61 Å². The molecule has 30 heavy (non-hydrogen) atoms. The molecule has 1 heterocycles. The third kappa shape index (κ3) is 4.58. The monoisotopic (exact) mass is 412 g/mol. The van der Waals surface area contributed by atoms with Crippen molar-refractivity contribution in [1.29, 1.82) is 0 Å². The number of carbonyl (C=O) groups is 2. The standard InChI is InChI=1S/C19H16N4O7/c1-29-11-6-7-14(16(8-11)23(27)28)20-17(24)10-30-18(25)9-15-12-4-2-3-5-13(12)19(26)22-21-15/h2-8H,9-10H2,1H3,(H,20,24)(H,22,26). The summed E-state index contributed by atoms with van der Waals surface area (Å²) < 4.78 is 9.85. The Hall–Kier alpha value is -4.28. The number of nitro benzene ring substituents is 1. The number of anilines is 1. The molecule has 0 unspecified atom stereocenters. The van der Waals surface area contributed by atoms with Gasteiger partial charge < -0.3 is 14.8 Å². The van der Waals surface area contributed by atoms with Crippen molar-refractivity contribution in [2.75, 3.05) is 19.0 Å². The number of hydrogen-bond acceptors (Lipinski definition) is 8. The Kier molecular flexibility index (Phi) is 6.01. The van der Waals surface area contributed by atoms with Gasteiger partial charge in [-0.15, -0.1) is 0 Å². The molecular formula is C19H16N4O7. The number of nitrogens with one attached hydrogen (secondary N) is 2. The van der Waals surface area contributed by atoms with Crippen molar-refractivity contribution in [1.82, 2.24) is 10.2 Å². The molecule has 0 spiro atoms. The first-order chi connectivity index (χ1) is 14.4. The average molecular weight is 412 g/mol. The van der Waals surface area contributed by atoms with Crippen LogP contribution in [0.5, 0.6) is 5.75 Å². The van der Waals surface area contributed by atoms with Crippen molar-refractivity contribution in [3.63, 3.8) is 0 Å². The van der Waals surface area contributed by atoms with Crippen LogP contribution in [0.1, 0.15) is 5.69 Å². The highest BCUT2D eigenvalue weighted by Crippen LogP contribution is 2.28. The zero-order valence-electron chi connectivity index (χ0n) is 15.7. The topological polar surface area (TPSA) is 154 Å². The Morgan fingerprint density at radius 1 is 1.20 bits per heavy atom. The highest BCUT2D eigenvalue weighted by molar-refractivity contribution is 5.95. The number of rotatable bonds is 7. The summed E-state index contributed by atoms with van der Waals surface area (Å²) in [5.41, 5.74) is -0.516. The summed E-state index contributed by atoms with van der Waals surface area (Å²) in [4.78, 5) is 46.4. The molecule has 0 aliphatic heterocycles. The average Bonchev–Trinajstić information content (AvgIpc) is 2.74. The van der Waals surface area contributed by atoms with Crippen LogP contribution in [-0.4, -0.2) is 40.7 Å². The molecule has 0 radical (unpaired) electrons. The van der Waals surface area contributed by atoms with Gasteiger partial charge in [0.25, 0.3) is 17.2 Å². The largest absolute Gasteiger partial charge is 0.496 e. The normalized spacial score (nSPS) is 10.4. The molecular weight excluding hydrogens is 396 g/mol. The van der Waals surface area contributed by atoms with Gasteiger partial charge in [0, 0.05) is 5.39 Å². The lowest BCUT2D eigenvalue weighted by molar-refractivity contribution is -0.384. The first-order valence-corrected chi connectivity index (χ1v) is 8.63. The van der Waals surface area contributed by atoms with Gasteiger partial charge in [-0.2, -0.15) is 5.10 Å². The van der Waals surface area contributed by atoms with Crippen LogP contribution < -0.4 is 15.6 Å². The number of nitrogens with zero attached hydrogens (tertiary/aromatic N) is 2. The molecule has 1 aromatic heterocycles. The SMILES string of the molecule is COc1ccc(NC(=O)COC(=O)Cc2n[nH]c(=O)c3ccccc23)c([N+](=O)[O-])c1. The van der Waals surface area contributed by atoms with E-state index >= 15 is 0 Å². The van der Waals surface area contributed by atoms with Crippen LogP contribution in [0.2, 0.25) is 0 Å². The summed E-state index contributed by atoms with van der Waals surface area (Å²) in [6.45, 7) is -0.650. The number of carbonyl (C=O) groups excluding carboxylic acids is 2. The van der Waals surface area contributed by atoms with E-state index in [9.17, 15) is 24.5 Å². The molecule has 0 aliphatic rings. The maximum atomic E-state index is 12.1. The second kappa shape index (κ2) is 8.82. The number of benzene rings is 2. The predicted molar refractivity (Wildman–Crippen MR) is 105 cm³/mol. The van der Waals surface area contributed by atoms with E-state index in [0.717, 1.165) is 6.07 Å². The van der Waals surface area contributed by atoms with Crippen LogP contribution in [-0.2, 0) is 20.7 Å². The van der Waals surface area contributed by atoms with Crippen molar-refractivity contribution in [2.24, 2.45) is 0 Å². The molecule has 2 N–H and O–H groups in total. The molecule has 0 fully saturated rings. The molecule has 2 aromatic carbocycles. The minimum atomic E-state index is -0.754. The van der Waals surface area contributed by atoms with Gasteiger partial charge in [-0.25, -0.2) is 5.10 Å². The summed E-state index contributed by atoms with van der Waals surface area (Å²) in [6.07, 6.45) is -0.271. The molecule has 3 rings (SSSR count). The third-order valence-corrected chi connectivity index (χ3v) is 4.13. The Bertz CT molecular complexity index is 1190. The van der Waals surface area contributed by atoms with Crippen LogP contribution in [0, 0.1) is 10.1 Å². The van der Waals surface area contributed by atoms with Crippen LogP contribution in [0.25, 0.3) is 10.8 Å². The third-order valence-electron chi connectivity index (χ3n) is 4.13. The van der Waals surface area contributed by atoms with E-state index < -0.39 is 23.4 Å². The van der Waals surface area contributed by atoms with Gasteiger partial charge in [-0.1, -0.05) is 18.2 Å². The second-order valence-corrected chi connectivity index (χ2v) is 6.07. The lowest BCUT2D eigenvalue weighted by atomic mass is 10.1. The van der Waals surface area contributed by atoms with E-state index in [1.54, 1.807) is 24.3 Å². The van der Waals surface area contributed by atoms with Crippen molar-refractivity contribution in [2.45, 2.75) is 6.42 Å². The molecule has 0 atom stereocenters. The molecule has 154 valence electrons. The Morgan fingerprint density at radius 3 is 2.63 bits per heavy atom. The molecule has 0 saturated heterocycles. The van der Waals surface area contributed by atoms with E-state index in [1.807, 2.05) is 0 Å². The summed E-state index contributed by atoms with van der Waals surface area (Å²) in [7, 11) is 1.36. The van der Waals surface area contributed by atoms with E-state index in [2.05, 4.69) is 15.5 Å². The van der Waals surface area contributed by atoms with Gasteiger partial charge in [0.05, 0.1) is 35.6 Å². The smallest absolute Gasteiger partial charge is 0.312 e. The first-order valence-electron chi connectivity index (χ1n) is 8.63. The lowest BCUT2D eigenvalue weighted by Gasteiger charge is -2.09. The number of amides is 1. The molecule has 0 saturated carbocycles. The fourth-order valence-electron chi connectivity index (χ4n) is 2.72. The zero-order valence-corrected chi connectivity index (χ0v) is 15.7. The minimum Gasteiger partial charge on any atom is -0.496 e. The van der Waals surface area contributed by atoms with Crippen molar-refractivity contribution in [3.05, 3.63) is 68.6 Å². The summed E-state index contributed by atoms with van der Waals surface area (Å²) in [6, 6.07) is 10.6. The molecule has 11 nitrogen and oxygen atoms in total. The number of hydrogen-bond donors (Lipinski definition) is 2. The van der Waals surface area contributed by atoms with E-state index in [1.165, 1.54) is 19.2 Å². The van der Waals surface area contributed by atoms with Gasteiger partial charge >= 0.3 is 5.97 Å². The maximum absolute atomic E-state index is 12.1. The number of nitro groups is 1. The van der Waals surface area contributed by atoms with Gasteiger partial charge in [0.1, 0.15) is 11.4 Å². The number of esters is 1. The van der Waals surface area contributed by atoms with E-state index in [4.69, 9.17) is 9.47 Å². The highest BCUT2D eigenvalue weighted by Gasteiger charge is 2.18. The number of ether oxygens (including phenoxy) is 2. The summed E-state index contributed by atoms with van der Waals surface area (Å²) in [5.74, 6) is -1.25. The number of methoxy groups -OCH3 is 1. The van der Waals surface area contributed by atoms with Crippen LogP contribution in [0.3, 0.4) is 0 Å². The van der Waals surface area contributed by atoms with Crippen molar-refractivity contribution < 1.29 is 24.0 Å². The quantitative estimate of drug-likeness (QED) is 0.337. The van der Waals surface area contributed by atoms with Crippen LogP contribution in [0.4, 0.5) is 11.4 Å². The first kappa shape index (κ1) is 20.5. The molecule has 1 amide bonds. The molecule has 11 heteroatoms. The number of aromatic amines is 1. The fraction of sp³-hybridized carbons (Fsp3) is 0.158. The van der Waals surface area contributed by atoms with Crippen molar-refractivity contribution >= 4 is 34.0 Å². The Balaban J connectivity index is 1.63. The summed E-state index contributed by atoms with van der Waals surface area (Å²) >= 11 is 0. The maximum Gasteiger partial charge on any atom is 0.312 e. The van der Waals surface area contributed by atoms with E-state index in [0.29, 0.717) is 16.5 Å². The van der Waals surface area contributed by atoms with Gasteiger partial charge in [0.2, 0.25) is 0 Å². The number of aromatic nitrogens is 2. The summed E-state index contributed by atoms with van der Waals surface area (Å²) in [5, 5.41) is 20.5. The van der Waals surface area contributed by atoms with Crippen molar-refractivity contribution in [3.8, 4) is 5.75 Å². The Labute approximate surface area is 168 Å². The molecule has 3 aromatic rings. The number of H-pyrrole nitrogens is 1. The minimum absolute atomic E-state index is 0.0601. The molecule has 0 aliphatic carbocycles. The molecule has 0 bridgehead atoms. The highest BCUT2D eigenvalue weighted by atomic mass is 16.6. The van der Waals surface area contributed by atoms with E-state index in [-0.39, 0.29) is 29.1 Å².